The van der Waals surface area contributed by atoms with Crippen molar-refractivity contribution in [3.05, 3.63) is 53.1 Å². The van der Waals surface area contributed by atoms with Crippen molar-refractivity contribution in [1.29, 1.82) is 0 Å². The van der Waals surface area contributed by atoms with Crippen molar-refractivity contribution in [1.82, 2.24) is 16.1 Å². The van der Waals surface area contributed by atoms with E-state index >= 15 is 0 Å². The Morgan fingerprint density at radius 3 is 2.50 bits per heavy atom. The fourth-order valence-corrected chi connectivity index (χ4v) is 3.65. The number of aliphatic hydroxyl groups is 1. The van der Waals surface area contributed by atoms with Gasteiger partial charge >= 0.3 is 0 Å². The number of carbonyl (C=O) groups is 2. The van der Waals surface area contributed by atoms with Crippen LogP contribution in [-0.4, -0.2) is 67.7 Å². The molecule has 11 heteroatoms. The second kappa shape index (κ2) is 15.2. The molecule has 0 aliphatic carbocycles. The normalized spacial score (nSPS) is 13.9. The van der Waals surface area contributed by atoms with Crippen LogP contribution >= 0.6 is 11.6 Å². The Labute approximate surface area is 227 Å². The van der Waals surface area contributed by atoms with Crippen LogP contribution in [0, 0.1) is 0 Å². The van der Waals surface area contributed by atoms with E-state index in [1.165, 1.54) is 0 Å². The van der Waals surface area contributed by atoms with Crippen LogP contribution in [0.3, 0.4) is 0 Å². The molecule has 0 spiro atoms. The molecule has 1 unspecified atom stereocenters. The van der Waals surface area contributed by atoms with Gasteiger partial charge in [0, 0.05) is 32.0 Å². The fraction of sp³-hybridized carbons (Fsp3) is 0.444. The molecule has 1 aliphatic heterocycles. The maximum Gasteiger partial charge on any atom is 0.257 e. The van der Waals surface area contributed by atoms with E-state index in [1.807, 2.05) is 13.8 Å². The van der Waals surface area contributed by atoms with Gasteiger partial charge in [0.05, 0.1) is 17.3 Å². The summed E-state index contributed by atoms with van der Waals surface area (Å²) >= 11 is 6.29. The van der Waals surface area contributed by atoms with Crippen LogP contribution in [0.25, 0.3) is 0 Å². The fourth-order valence-electron chi connectivity index (χ4n) is 3.42. The Morgan fingerprint density at radius 1 is 1.11 bits per heavy atom. The first-order valence-electron chi connectivity index (χ1n) is 12.6. The average Bonchev–Trinajstić information content (AvgIpc) is 2.91. The molecule has 0 saturated heterocycles. The third kappa shape index (κ3) is 10.2. The highest BCUT2D eigenvalue weighted by molar-refractivity contribution is 6.32. The SMILES string of the molecule is CC(C)NCC(O)COc1ccc(OCCCNC(=O)COc2ccc(C3=NNC(=O)CC3)cc2Cl)cc1. The summed E-state index contributed by atoms with van der Waals surface area (Å²) in [7, 11) is 0. The number of amides is 2. The molecule has 1 aliphatic rings. The number of rotatable bonds is 15. The third-order valence-corrected chi connectivity index (χ3v) is 5.76. The number of halogens is 1. The lowest BCUT2D eigenvalue weighted by molar-refractivity contribution is -0.123. The van der Waals surface area contributed by atoms with E-state index in [0.29, 0.717) is 67.3 Å². The van der Waals surface area contributed by atoms with Crippen molar-refractivity contribution >= 4 is 29.1 Å². The Bertz CT molecular complexity index is 1090. The smallest absolute Gasteiger partial charge is 0.257 e. The van der Waals surface area contributed by atoms with Gasteiger partial charge < -0.3 is 30.0 Å². The predicted molar refractivity (Wildman–Crippen MR) is 145 cm³/mol. The van der Waals surface area contributed by atoms with E-state index in [0.717, 1.165) is 11.3 Å². The van der Waals surface area contributed by atoms with Gasteiger partial charge in [-0.3, -0.25) is 9.59 Å². The number of aliphatic hydroxyl groups excluding tert-OH is 1. The highest BCUT2D eigenvalue weighted by Crippen LogP contribution is 2.26. The molecular formula is C27H35ClN4O6. The van der Waals surface area contributed by atoms with Crippen molar-refractivity contribution in [3.8, 4) is 17.2 Å². The summed E-state index contributed by atoms with van der Waals surface area (Å²) < 4.78 is 16.8. The molecule has 2 amide bonds. The number of benzene rings is 2. The van der Waals surface area contributed by atoms with Gasteiger partial charge in [0.1, 0.15) is 30.0 Å². The largest absolute Gasteiger partial charge is 0.494 e. The third-order valence-electron chi connectivity index (χ3n) is 5.47. The summed E-state index contributed by atoms with van der Waals surface area (Å²) in [4.78, 5) is 23.4. The summed E-state index contributed by atoms with van der Waals surface area (Å²) in [5.41, 5.74) is 3.99. The lowest BCUT2D eigenvalue weighted by Gasteiger charge is -2.15. The summed E-state index contributed by atoms with van der Waals surface area (Å²) in [6, 6.07) is 12.7. The minimum absolute atomic E-state index is 0.111. The Kier molecular flexibility index (Phi) is 11.7. The van der Waals surface area contributed by atoms with Crippen molar-refractivity contribution in [3.63, 3.8) is 0 Å². The van der Waals surface area contributed by atoms with E-state index < -0.39 is 6.10 Å². The first-order valence-corrected chi connectivity index (χ1v) is 13.0. The summed E-state index contributed by atoms with van der Waals surface area (Å²) in [5, 5.41) is 20.3. The topological polar surface area (TPSA) is 131 Å². The number of nitrogens with zero attached hydrogens (tertiary/aromatic N) is 1. The zero-order valence-corrected chi connectivity index (χ0v) is 22.4. The van der Waals surface area contributed by atoms with Crippen LogP contribution < -0.4 is 30.3 Å². The monoisotopic (exact) mass is 546 g/mol. The molecule has 0 aromatic heterocycles. The standard InChI is InChI=1S/C27H35ClN4O6/c1-18(2)30-15-20(33)16-37-22-7-5-21(6-8-22)36-13-3-12-29-27(35)17-38-25-10-4-19(14-23(25)28)24-9-11-26(34)32-31-24/h4-8,10,14,18,20,30,33H,3,9,11-13,15-17H2,1-2H3,(H,29,35)(H,32,34). The van der Waals surface area contributed by atoms with Crippen LogP contribution in [0.2, 0.25) is 5.02 Å². The lowest BCUT2D eigenvalue weighted by atomic mass is 10.0. The highest BCUT2D eigenvalue weighted by Gasteiger charge is 2.15. The van der Waals surface area contributed by atoms with Gasteiger partial charge in [-0.05, 0) is 54.4 Å². The number of hydrazone groups is 1. The summed E-state index contributed by atoms with van der Waals surface area (Å²) in [6.07, 6.45) is 0.951. The molecule has 3 rings (SSSR count). The summed E-state index contributed by atoms with van der Waals surface area (Å²) in [6.45, 7) is 5.42. The molecule has 1 heterocycles. The van der Waals surface area contributed by atoms with Crippen molar-refractivity contribution in [2.75, 3.05) is 32.9 Å². The van der Waals surface area contributed by atoms with Crippen molar-refractivity contribution in [2.24, 2.45) is 5.10 Å². The Balaban J connectivity index is 1.28. The van der Waals surface area contributed by atoms with E-state index in [1.54, 1.807) is 42.5 Å². The highest BCUT2D eigenvalue weighted by atomic mass is 35.5. The van der Waals surface area contributed by atoms with Crippen molar-refractivity contribution < 1.29 is 28.9 Å². The van der Waals surface area contributed by atoms with Gasteiger partial charge in [0.2, 0.25) is 5.91 Å². The number of hydrogen-bond acceptors (Lipinski definition) is 8. The molecule has 1 atom stereocenters. The Hall–Kier alpha value is -3.34. The van der Waals surface area contributed by atoms with E-state index in [2.05, 4.69) is 21.2 Å². The molecule has 0 saturated carbocycles. The zero-order chi connectivity index (χ0) is 27.3. The molecule has 2 aromatic carbocycles. The molecule has 2 aromatic rings. The second-order valence-electron chi connectivity index (χ2n) is 9.08. The minimum atomic E-state index is -0.583. The lowest BCUT2D eigenvalue weighted by Crippen LogP contribution is -2.35. The molecule has 0 fully saturated rings. The molecule has 206 valence electrons. The van der Waals surface area contributed by atoms with Gasteiger partial charge in [-0.2, -0.15) is 5.10 Å². The predicted octanol–water partition coefficient (Wildman–Crippen LogP) is 2.66. The van der Waals surface area contributed by atoms with Gasteiger partial charge in [-0.1, -0.05) is 25.4 Å². The zero-order valence-electron chi connectivity index (χ0n) is 21.7. The molecule has 4 N–H and O–H groups in total. The maximum atomic E-state index is 12.1. The number of carbonyl (C=O) groups excluding carboxylic acids is 2. The quantitative estimate of drug-likeness (QED) is 0.253. The van der Waals surface area contributed by atoms with E-state index in [4.69, 9.17) is 25.8 Å². The van der Waals surface area contributed by atoms with Crippen molar-refractivity contribution in [2.45, 2.75) is 45.3 Å². The molecule has 38 heavy (non-hydrogen) atoms. The first kappa shape index (κ1) is 29.2. The molecule has 10 nitrogen and oxygen atoms in total. The first-order chi connectivity index (χ1) is 18.3. The summed E-state index contributed by atoms with van der Waals surface area (Å²) in [5.74, 6) is 1.35. The van der Waals surface area contributed by atoms with Gasteiger partial charge in [-0.25, -0.2) is 5.43 Å². The second-order valence-corrected chi connectivity index (χ2v) is 9.49. The van der Waals surface area contributed by atoms with E-state index in [-0.39, 0.29) is 25.0 Å². The van der Waals surface area contributed by atoms with Crippen LogP contribution in [0.15, 0.2) is 47.6 Å². The number of nitrogens with one attached hydrogen (secondary N) is 3. The van der Waals surface area contributed by atoms with Gasteiger partial charge in [-0.15, -0.1) is 0 Å². The van der Waals surface area contributed by atoms with Gasteiger partial charge in [0.15, 0.2) is 6.61 Å². The Morgan fingerprint density at radius 2 is 1.84 bits per heavy atom. The molecule has 0 radical (unpaired) electrons. The van der Waals surface area contributed by atoms with E-state index in [9.17, 15) is 14.7 Å². The van der Waals surface area contributed by atoms with Gasteiger partial charge in [0.25, 0.3) is 5.91 Å². The molecular weight excluding hydrogens is 512 g/mol. The maximum absolute atomic E-state index is 12.1. The minimum Gasteiger partial charge on any atom is -0.494 e. The number of ether oxygens (including phenoxy) is 3. The molecule has 0 bridgehead atoms. The number of hydrogen-bond donors (Lipinski definition) is 4. The average molecular weight is 547 g/mol. The van der Waals surface area contributed by atoms with Crippen LogP contribution in [0.1, 0.15) is 38.7 Å². The van der Waals surface area contributed by atoms with Crippen LogP contribution in [-0.2, 0) is 9.59 Å². The van der Waals surface area contributed by atoms with Crippen LogP contribution in [0.5, 0.6) is 17.2 Å². The van der Waals surface area contributed by atoms with Crippen LogP contribution in [0.4, 0.5) is 0 Å².